The van der Waals surface area contributed by atoms with Gasteiger partial charge in [0.05, 0.1) is 66.4 Å². The number of hydrogen-bond donors (Lipinski definition) is 5. The third-order valence-corrected chi connectivity index (χ3v) is 15.8. The number of halogens is 7. The average Bonchev–Trinajstić information content (AvgIpc) is 4.17. The molecule has 6 N–H and O–H groups in total. The van der Waals surface area contributed by atoms with Crippen LogP contribution in [0.4, 0.5) is 22.0 Å². The highest BCUT2D eigenvalue weighted by molar-refractivity contribution is 6.31. The Balaban J connectivity index is 0.861. The highest BCUT2D eigenvalue weighted by Gasteiger charge is 2.42. The van der Waals surface area contributed by atoms with Crippen LogP contribution in [0.5, 0.6) is 0 Å². The molecular formula is C51H59Cl2F5N12O6. The molecule has 4 aromatic rings. The van der Waals surface area contributed by atoms with Crippen molar-refractivity contribution < 1.29 is 46.4 Å². The first-order chi connectivity index (χ1) is 36.4. The quantitative estimate of drug-likeness (QED) is 0.0713. The summed E-state index contributed by atoms with van der Waals surface area (Å²) in [5.41, 5.74) is 7.16. The van der Waals surface area contributed by atoms with Gasteiger partial charge in [-0.1, -0.05) is 48.2 Å². The molecule has 18 nitrogen and oxygen atoms in total. The molecule has 1 amide bonds. The number of nitrogens with two attached hydrogens (primary N) is 1. The zero-order chi connectivity index (χ0) is 53.8. The largest absolute Gasteiger partial charge is 0.449 e. The van der Waals surface area contributed by atoms with Gasteiger partial charge in [0.25, 0.3) is 5.56 Å². The SMILES string of the molecule is C[C@H]1C(=O)NC(=CN)C(=NC(F)F)c2ccnc(c2)[C@@H](n2cnc(-c3cc(Cl)ccc3-n3cc(Cl)nn3)cc2=O)CCC1CC1CCC(CC2CCC(OC[C@H]3OC[C@H](N=C4CCN=C(C(F)(F)F)N4)[C@@H](O)[C@H]3O)C2)C1. The molecule has 3 aromatic heterocycles. The van der Waals surface area contributed by atoms with Crippen LogP contribution in [0.1, 0.15) is 94.9 Å². The number of hydrogen-bond acceptors (Lipinski definition) is 14. The van der Waals surface area contributed by atoms with Crippen LogP contribution < -0.4 is 21.9 Å². The average molecular weight is 1100 g/mol. The summed E-state index contributed by atoms with van der Waals surface area (Å²) in [6.07, 6.45) is 5.24. The fourth-order valence-corrected chi connectivity index (χ4v) is 11.8. The van der Waals surface area contributed by atoms with E-state index in [1.54, 1.807) is 24.3 Å². The standard InChI is InChI=1S/C51H59Cl2F5N12O6/c1-26-30(16-28-3-2-27(14-28)15-29-4-7-33(17-29)75-24-41-47(73)46(72)38(23-76-41)63-43-11-13-61-49(65-43)51(56,57)58)5-8-40(36-18-31(10-12-60-36)45(66-50(54)55)37(21-59)64-48(26)74)69-25-62-35(20-44(69)71)34-19-32(52)6-9-39(34)70-22-42(53)67-68-70/h6,9-10,12,18-22,25-30,33,38,40-41,46-47,50,72-73H,2-5,7-8,11,13-17,23-24,59H2,1H3,(H,64,74)(H,61,63,65)/t26-,27?,28?,29?,30?,33?,38+,40+,41-,46-,47+/m1/s1. The maximum atomic E-state index is 14.4. The van der Waals surface area contributed by atoms with Crippen molar-refractivity contribution in [2.75, 3.05) is 19.8 Å². The van der Waals surface area contributed by atoms with Crippen molar-refractivity contribution in [3.63, 3.8) is 0 Å². The minimum absolute atomic E-state index is 0.0154. The van der Waals surface area contributed by atoms with Crippen molar-refractivity contribution in [2.24, 2.45) is 50.3 Å². The summed E-state index contributed by atoms with van der Waals surface area (Å²) in [6, 6.07) is 7.74. The number of carbonyl (C=O) groups excluding carboxylic acids is 1. The highest BCUT2D eigenvalue weighted by atomic mass is 35.5. The summed E-state index contributed by atoms with van der Waals surface area (Å²) in [7, 11) is 0. The summed E-state index contributed by atoms with van der Waals surface area (Å²) >= 11 is 12.5. The monoisotopic (exact) mass is 1100 g/mol. The first-order valence-corrected chi connectivity index (χ1v) is 26.2. The number of nitrogens with zero attached hydrogens (tertiary/aromatic N) is 9. The molecule has 76 heavy (non-hydrogen) atoms. The lowest BCUT2D eigenvalue weighted by Gasteiger charge is -2.36. The molecule has 0 spiro atoms. The number of allylic oxidation sites excluding steroid dienone is 1. The number of aliphatic imine (C=N–C) groups is 3. The molecule has 5 aliphatic rings. The summed E-state index contributed by atoms with van der Waals surface area (Å²) < 4.78 is 82.8. The van der Waals surface area contributed by atoms with Crippen LogP contribution in [-0.2, 0) is 14.3 Å². The van der Waals surface area contributed by atoms with Crippen LogP contribution in [0.2, 0.25) is 10.2 Å². The smallest absolute Gasteiger partial charge is 0.403 e. The van der Waals surface area contributed by atoms with E-state index in [0.717, 1.165) is 51.1 Å². The van der Waals surface area contributed by atoms with Crippen molar-refractivity contribution in [3.05, 3.63) is 98.8 Å². The number of fused-ring (bicyclic) bond motifs is 2. The van der Waals surface area contributed by atoms with Crippen molar-refractivity contribution in [1.29, 1.82) is 0 Å². The van der Waals surface area contributed by atoms with Gasteiger partial charge in [0.2, 0.25) is 11.7 Å². The third kappa shape index (κ3) is 13.0. The second-order valence-electron chi connectivity index (χ2n) is 20.4. The number of rotatable bonds is 12. The first kappa shape index (κ1) is 55.0. The molecule has 25 heteroatoms. The summed E-state index contributed by atoms with van der Waals surface area (Å²) in [4.78, 5) is 49.2. The number of nitrogens with one attached hydrogen (secondary N) is 2. The molecule has 2 aliphatic carbocycles. The summed E-state index contributed by atoms with van der Waals surface area (Å²) in [5, 5.41) is 35.2. The predicted octanol–water partition coefficient (Wildman–Crippen LogP) is 6.98. The van der Waals surface area contributed by atoms with Crippen LogP contribution >= 0.6 is 23.2 Å². The topological polar surface area (TPSA) is 242 Å². The Morgan fingerprint density at radius 2 is 1.75 bits per heavy atom. The zero-order valence-electron chi connectivity index (χ0n) is 41.4. The van der Waals surface area contributed by atoms with Crippen LogP contribution in [0.15, 0.2) is 86.8 Å². The molecule has 11 atom stereocenters. The van der Waals surface area contributed by atoms with Gasteiger partial charge in [0, 0.05) is 53.5 Å². The van der Waals surface area contributed by atoms with E-state index in [4.69, 9.17) is 43.4 Å². The van der Waals surface area contributed by atoms with E-state index in [2.05, 4.69) is 40.9 Å². The molecule has 5 unspecified atom stereocenters. The van der Waals surface area contributed by atoms with Crippen LogP contribution in [0, 0.1) is 29.6 Å². The number of pyridine rings is 1. The summed E-state index contributed by atoms with van der Waals surface area (Å²) in [5.74, 6) is -1.24. The van der Waals surface area contributed by atoms with Gasteiger partial charge in [0.1, 0.15) is 30.2 Å². The van der Waals surface area contributed by atoms with Gasteiger partial charge in [-0.05, 0) is 105 Å². The van der Waals surface area contributed by atoms with Crippen molar-refractivity contribution in [3.8, 4) is 16.9 Å². The molecule has 408 valence electrons. The molecule has 6 heterocycles. The minimum atomic E-state index is -4.66. The Hall–Kier alpha value is -5.72. The molecule has 1 saturated heterocycles. The molecule has 3 fully saturated rings. The Morgan fingerprint density at radius 1 is 0.974 bits per heavy atom. The number of carbonyl (C=O) groups is 1. The van der Waals surface area contributed by atoms with Crippen molar-refractivity contribution in [1.82, 2.24) is 40.2 Å². The van der Waals surface area contributed by atoms with Gasteiger partial charge in [-0.15, -0.1) is 5.10 Å². The molecule has 9 rings (SSSR count). The van der Waals surface area contributed by atoms with Gasteiger partial charge < -0.3 is 36.1 Å². The van der Waals surface area contributed by atoms with Gasteiger partial charge >= 0.3 is 12.7 Å². The van der Waals surface area contributed by atoms with Crippen LogP contribution in [0.25, 0.3) is 16.9 Å². The Labute approximate surface area is 444 Å². The van der Waals surface area contributed by atoms with Gasteiger partial charge in [-0.3, -0.25) is 29.1 Å². The van der Waals surface area contributed by atoms with E-state index in [9.17, 15) is 41.8 Å². The van der Waals surface area contributed by atoms with E-state index >= 15 is 0 Å². The number of alkyl halides is 5. The van der Waals surface area contributed by atoms with E-state index in [-0.39, 0.29) is 72.1 Å². The number of amidine groups is 2. The number of benzene rings is 1. The molecule has 0 radical (unpaired) electrons. The number of aliphatic hydroxyl groups excluding tert-OH is 2. The maximum absolute atomic E-state index is 14.4. The Kier molecular flexibility index (Phi) is 17.3. The number of ether oxygens (including phenoxy) is 2. The molecule has 3 aliphatic heterocycles. The lowest BCUT2D eigenvalue weighted by Crippen LogP contribution is -2.55. The second kappa shape index (κ2) is 23.9. The number of aliphatic hydroxyl groups is 2. The molecule has 2 bridgehead atoms. The zero-order valence-corrected chi connectivity index (χ0v) is 42.9. The maximum Gasteiger partial charge on any atom is 0.449 e. The lowest BCUT2D eigenvalue weighted by molar-refractivity contribution is -0.168. The lowest BCUT2D eigenvalue weighted by atomic mass is 9.79. The van der Waals surface area contributed by atoms with Crippen molar-refractivity contribution in [2.45, 2.75) is 127 Å². The molecular weight excluding hydrogens is 1040 g/mol. The fraction of sp³-hybridized carbons (Fsp3) is 0.549. The number of aromatic nitrogens is 6. The van der Waals surface area contributed by atoms with Gasteiger partial charge in [-0.2, -0.15) is 22.0 Å². The molecule has 2 saturated carbocycles. The minimum Gasteiger partial charge on any atom is -0.403 e. The summed E-state index contributed by atoms with van der Waals surface area (Å²) in [6.45, 7) is -1.50. The predicted molar refractivity (Wildman–Crippen MR) is 272 cm³/mol. The van der Waals surface area contributed by atoms with Crippen LogP contribution in [0.3, 0.4) is 0 Å². The third-order valence-electron chi connectivity index (χ3n) is 15.4. The molecule has 1 aromatic carbocycles. The van der Waals surface area contributed by atoms with E-state index in [1.807, 2.05) is 6.92 Å². The van der Waals surface area contributed by atoms with Gasteiger partial charge in [0.15, 0.2) is 5.15 Å². The van der Waals surface area contributed by atoms with Crippen molar-refractivity contribution >= 4 is 46.5 Å². The van der Waals surface area contributed by atoms with Crippen LogP contribution in [-0.4, -0.2) is 126 Å². The first-order valence-electron chi connectivity index (χ1n) is 25.5. The van der Waals surface area contributed by atoms with E-state index in [0.29, 0.717) is 58.8 Å². The number of amides is 1. The Morgan fingerprint density at radius 3 is 2.49 bits per heavy atom. The second-order valence-corrected chi connectivity index (χ2v) is 21.2. The van der Waals surface area contributed by atoms with Gasteiger partial charge in [-0.25, -0.2) is 14.7 Å². The van der Waals surface area contributed by atoms with E-state index < -0.39 is 66.3 Å². The fourth-order valence-electron chi connectivity index (χ4n) is 11.5. The highest BCUT2D eigenvalue weighted by Crippen LogP contribution is 2.44. The normalized spacial score (nSPS) is 30.3. The van der Waals surface area contributed by atoms with E-state index in [1.165, 1.54) is 40.1 Å². The Bertz CT molecular complexity index is 2920.